The molecular weight excluding hydrogens is 456 g/mol. The van der Waals surface area contributed by atoms with Gasteiger partial charge in [0.2, 0.25) is 0 Å². The zero-order valence-corrected chi connectivity index (χ0v) is 21.5. The Hall–Kier alpha value is -3.25. The van der Waals surface area contributed by atoms with Crippen LogP contribution >= 0.6 is 11.8 Å². The van der Waals surface area contributed by atoms with E-state index in [1.54, 1.807) is 17.8 Å². The summed E-state index contributed by atoms with van der Waals surface area (Å²) in [4.78, 5) is 28.8. The maximum Gasteiger partial charge on any atom is 0.322 e. The predicted octanol–water partition coefficient (Wildman–Crippen LogP) is 7.62. The van der Waals surface area contributed by atoms with Crippen molar-refractivity contribution < 1.29 is 14.3 Å². The number of ether oxygens (including phenoxy) is 1. The molecule has 1 N–H and O–H groups in total. The first-order chi connectivity index (χ1) is 17.0. The summed E-state index contributed by atoms with van der Waals surface area (Å²) in [7, 11) is 0. The molecule has 0 saturated heterocycles. The summed E-state index contributed by atoms with van der Waals surface area (Å²) in [5, 5.41) is 3.06. The topological polar surface area (TPSA) is 58.6 Å². The third-order valence-corrected chi connectivity index (χ3v) is 6.53. The molecule has 0 aromatic heterocycles. The fraction of sp³-hybridized carbons (Fsp3) is 0.310. The number of nitrogens with zero attached hydrogens (tertiary/aromatic N) is 1. The van der Waals surface area contributed by atoms with E-state index in [1.165, 1.54) is 0 Å². The molecular formula is C29H34N2O3S. The highest BCUT2D eigenvalue weighted by atomic mass is 32.2. The van der Waals surface area contributed by atoms with Gasteiger partial charge in [-0.05, 0) is 67.8 Å². The lowest BCUT2D eigenvalue weighted by molar-refractivity contribution is -0.134. The van der Waals surface area contributed by atoms with E-state index in [9.17, 15) is 9.59 Å². The van der Waals surface area contributed by atoms with Gasteiger partial charge in [0.15, 0.2) is 0 Å². The van der Waals surface area contributed by atoms with E-state index in [0.29, 0.717) is 18.7 Å². The molecule has 3 aromatic rings. The quantitative estimate of drug-likeness (QED) is 0.171. The van der Waals surface area contributed by atoms with Gasteiger partial charge in [-0.3, -0.25) is 9.69 Å². The number of rotatable bonds is 11. The number of hydrogen-bond acceptors (Lipinski definition) is 4. The molecule has 0 spiro atoms. The molecule has 0 aliphatic carbocycles. The van der Waals surface area contributed by atoms with Crippen molar-refractivity contribution in [2.24, 2.45) is 0 Å². The van der Waals surface area contributed by atoms with Gasteiger partial charge in [0, 0.05) is 28.4 Å². The van der Waals surface area contributed by atoms with Crippen LogP contribution in [0.3, 0.4) is 0 Å². The smallest absolute Gasteiger partial charge is 0.322 e. The van der Waals surface area contributed by atoms with Gasteiger partial charge < -0.3 is 10.1 Å². The Labute approximate surface area is 212 Å². The Morgan fingerprint density at radius 1 is 0.914 bits per heavy atom. The molecule has 6 heteroatoms. The number of urea groups is 1. The van der Waals surface area contributed by atoms with E-state index >= 15 is 0 Å². The van der Waals surface area contributed by atoms with Crippen LogP contribution in [0, 0.1) is 0 Å². The number of carbonyl (C=O) groups excluding carboxylic acids is 2. The number of unbranched alkanes of at least 4 members (excludes halogenated alkanes) is 1. The number of carbonyl (C=O) groups is 2. The van der Waals surface area contributed by atoms with Gasteiger partial charge >= 0.3 is 12.0 Å². The Morgan fingerprint density at radius 3 is 2.34 bits per heavy atom. The van der Waals surface area contributed by atoms with E-state index in [0.717, 1.165) is 40.3 Å². The van der Waals surface area contributed by atoms with E-state index in [4.69, 9.17) is 4.74 Å². The van der Waals surface area contributed by atoms with Gasteiger partial charge in [-0.1, -0.05) is 68.4 Å². The minimum absolute atomic E-state index is 0.100. The maximum atomic E-state index is 13.1. The van der Waals surface area contributed by atoms with Crippen LogP contribution in [-0.2, 0) is 4.79 Å². The zero-order chi connectivity index (χ0) is 25.0. The minimum atomic E-state index is -0.219. The van der Waals surface area contributed by atoms with Crippen LogP contribution in [0.4, 0.5) is 10.5 Å². The highest BCUT2D eigenvalue weighted by Gasteiger charge is 2.23. The summed E-state index contributed by atoms with van der Waals surface area (Å²) in [6, 6.07) is 25.4. The van der Waals surface area contributed by atoms with Crippen LogP contribution < -0.4 is 15.0 Å². The average Bonchev–Trinajstić information content (AvgIpc) is 2.86. The lowest BCUT2D eigenvalue weighted by Crippen LogP contribution is -2.42. The molecule has 184 valence electrons. The molecule has 0 radical (unpaired) electrons. The SMILES string of the molecule is CCCCNC(=O)N(c1ccc(Sc2cccc(OC(=O)CCC)c2)cc1)C(C)c1ccccc1. The Balaban J connectivity index is 1.76. The summed E-state index contributed by atoms with van der Waals surface area (Å²) < 4.78 is 5.42. The van der Waals surface area contributed by atoms with Gasteiger partial charge in [-0.2, -0.15) is 0 Å². The van der Waals surface area contributed by atoms with Gasteiger partial charge in [0.1, 0.15) is 5.75 Å². The van der Waals surface area contributed by atoms with Crippen molar-refractivity contribution in [3.63, 3.8) is 0 Å². The van der Waals surface area contributed by atoms with Gasteiger partial charge in [0.05, 0.1) is 6.04 Å². The lowest BCUT2D eigenvalue weighted by Gasteiger charge is -2.30. The van der Waals surface area contributed by atoms with Crippen LogP contribution in [0.15, 0.2) is 88.7 Å². The van der Waals surface area contributed by atoms with Crippen LogP contribution in [0.5, 0.6) is 5.75 Å². The fourth-order valence-electron chi connectivity index (χ4n) is 3.65. The second-order valence-electron chi connectivity index (χ2n) is 8.34. The highest BCUT2D eigenvalue weighted by Crippen LogP contribution is 2.33. The zero-order valence-electron chi connectivity index (χ0n) is 20.7. The predicted molar refractivity (Wildman–Crippen MR) is 143 cm³/mol. The van der Waals surface area contributed by atoms with Gasteiger partial charge in [0.25, 0.3) is 0 Å². The summed E-state index contributed by atoms with van der Waals surface area (Å²) in [6.45, 7) is 6.76. The van der Waals surface area contributed by atoms with Crippen molar-refractivity contribution >= 4 is 29.4 Å². The standard InChI is InChI=1S/C29H34N2O3S/c1-4-6-20-30-29(33)31(22(3)23-12-8-7-9-13-23)24-16-18-26(19-17-24)35-27-15-10-14-25(21-27)34-28(32)11-5-2/h7-10,12-19,21-22H,4-6,11,20H2,1-3H3,(H,30,33). The number of anilines is 1. The van der Waals surface area contributed by atoms with Crippen molar-refractivity contribution in [3.8, 4) is 5.75 Å². The van der Waals surface area contributed by atoms with Crippen molar-refractivity contribution in [1.29, 1.82) is 0 Å². The van der Waals surface area contributed by atoms with E-state index in [1.807, 2.05) is 91.5 Å². The first-order valence-electron chi connectivity index (χ1n) is 12.2. The van der Waals surface area contributed by atoms with Crippen LogP contribution in [0.1, 0.15) is 58.1 Å². The summed E-state index contributed by atoms with van der Waals surface area (Å²) in [5.74, 6) is 0.334. The first kappa shape index (κ1) is 26.4. The molecule has 1 unspecified atom stereocenters. The summed E-state index contributed by atoms with van der Waals surface area (Å²) in [6.07, 6.45) is 3.14. The maximum absolute atomic E-state index is 13.1. The molecule has 0 aliphatic heterocycles. The third-order valence-electron chi connectivity index (χ3n) is 5.54. The van der Waals surface area contributed by atoms with Crippen molar-refractivity contribution in [1.82, 2.24) is 5.32 Å². The van der Waals surface area contributed by atoms with Crippen molar-refractivity contribution in [3.05, 3.63) is 84.4 Å². The molecule has 35 heavy (non-hydrogen) atoms. The molecule has 0 saturated carbocycles. The number of amides is 2. The van der Waals surface area contributed by atoms with Crippen molar-refractivity contribution in [2.75, 3.05) is 11.4 Å². The van der Waals surface area contributed by atoms with Crippen molar-refractivity contribution in [2.45, 2.75) is 62.3 Å². The largest absolute Gasteiger partial charge is 0.426 e. The normalized spacial score (nSPS) is 11.5. The number of nitrogens with one attached hydrogen (secondary N) is 1. The second kappa shape index (κ2) is 13.6. The Morgan fingerprint density at radius 2 is 1.66 bits per heavy atom. The minimum Gasteiger partial charge on any atom is -0.426 e. The van der Waals surface area contributed by atoms with Gasteiger partial charge in [-0.25, -0.2) is 4.79 Å². The molecule has 0 heterocycles. The number of benzene rings is 3. The number of hydrogen-bond donors (Lipinski definition) is 1. The lowest BCUT2D eigenvalue weighted by atomic mass is 10.1. The molecule has 3 rings (SSSR count). The molecule has 0 aliphatic rings. The number of esters is 1. The monoisotopic (exact) mass is 490 g/mol. The molecule has 5 nitrogen and oxygen atoms in total. The molecule has 1 atom stereocenters. The average molecular weight is 491 g/mol. The Kier molecular flexibility index (Phi) is 10.2. The van der Waals surface area contributed by atoms with E-state index < -0.39 is 0 Å². The highest BCUT2D eigenvalue weighted by molar-refractivity contribution is 7.99. The molecule has 2 amide bonds. The molecule has 3 aromatic carbocycles. The third kappa shape index (κ3) is 7.89. The molecule has 0 bridgehead atoms. The first-order valence-corrected chi connectivity index (χ1v) is 13.0. The van der Waals surface area contributed by atoms with Crippen LogP contribution in [0.25, 0.3) is 0 Å². The molecule has 0 fully saturated rings. The Bertz CT molecular complexity index is 1090. The summed E-state index contributed by atoms with van der Waals surface area (Å²) in [5.41, 5.74) is 1.91. The van der Waals surface area contributed by atoms with Crippen LogP contribution in [-0.4, -0.2) is 18.5 Å². The summed E-state index contributed by atoms with van der Waals surface area (Å²) >= 11 is 1.58. The van der Waals surface area contributed by atoms with Crippen LogP contribution in [0.2, 0.25) is 0 Å². The van der Waals surface area contributed by atoms with E-state index in [-0.39, 0.29) is 18.0 Å². The van der Waals surface area contributed by atoms with E-state index in [2.05, 4.69) is 12.2 Å². The second-order valence-corrected chi connectivity index (χ2v) is 9.48. The van der Waals surface area contributed by atoms with Gasteiger partial charge in [-0.15, -0.1) is 0 Å². The fourth-order valence-corrected chi connectivity index (χ4v) is 4.52.